The number of rotatable bonds is 1. The van der Waals surface area contributed by atoms with Gasteiger partial charge in [-0.05, 0) is 31.5 Å². The Morgan fingerprint density at radius 2 is 2.10 bits per heavy atom. The number of amides is 1. The minimum atomic E-state index is -3.07. The van der Waals surface area contributed by atoms with Gasteiger partial charge < -0.3 is 9.30 Å². The van der Waals surface area contributed by atoms with E-state index in [1.54, 1.807) is 18.0 Å². The van der Waals surface area contributed by atoms with Crippen molar-refractivity contribution >= 4 is 21.3 Å². The summed E-state index contributed by atoms with van der Waals surface area (Å²) in [5.74, 6) is -0.0456. The highest BCUT2D eigenvalue weighted by molar-refractivity contribution is 7.92. The first-order valence-corrected chi connectivity index (χ1v) is 8.76. The Labute approximate surface area is 124 Å². The van der Waals surface area contributed by atoms with Crippen molar-refractivity contribution in [3.63, 3.8) is 0 Å². The number of nitrogens with zero attached hydrogens (tertiary/aromatic N) is 2. The largest absolute Gasteiger partial charge is 0.338 e. The maximum absolute atomic E-state index is 12.6. The van der Waals surface area contributed by atoms with Crippen molar-refractivity contribution in [2.24, 2.45) is 0 Å². The molecule has 0 radical (unpaired) electrons. The van der Waals surface area contributed by atoms with Crippen molar-refractivity contribution in [1.29, 1.82) is 0 Å². The van der Waals surface area contributed by atoms with Crippen molar-refractivity contribution in [2.45, 2.75) is 18.6 Å². The molecule has 21 heavy (non-hydrogen) atoms. The summed E-state index contributed by atoms with van der Waals surface area (Å²) in [5.41, 5.74) is 1.56. The molecular formula is C15H18N2O3S. The van der Waals surface area contributed by atoms with Gasteiger partial charge in [0, 0.05) is 31.0 Å². The summed E-state index contributed by atoms with van der Waals surface area (Å²) in [4.78, 5) is 14.2. The molecule has 5 nitrogen and oxygen atoms in total. The van der Waals surface area contributed by atoms with Gasteiger partial charge in [0.15, 0.2) is 9.84 Å². The molecule has 0 aliphatic carbocycles. The normalized spacial score (nSPS) is 22.1. The fourth-order valence-corrected chi connectivity index (χ4v) is 3.97. The molecule has 0 aromatic carbocycles. The average molecular weight is 306 g/mol. The maximum atomic E-state index is 12.6. The predicted octanol–water partition coefficient (Wildman–Crippen LogP) is 1.59. The summed E-state index contributed by atoms with van der Waals surface area (Å²) in [6, 6.07) is 7.60. The molecule has 1 amide bonds. The molecule has 2 aromatic heterocycles. The monoisotopic (exact) mass is 306 g/mol. The van der Waals surface area contributed by atoms with E-state index in [4.69, 9.17) is 0 Å². The first kappa shape index (κ1) is 14.1. The summed E-state index contributed by atoms with van der Waals surface area (Å²) in [5, 5.41) is -0.372. The van der Waals surface area contributed by atoms with Crippen LogP contribution in [-0.4, -0.2) is 47.7 Å². The Balaban J connectivity index is 1.85. The molecule has 1 unspecified atom stereocenters. The number of carbonyl (C=O) groups is 1. The highest BCUT2D eigenvalue weighted by Gasteiger charge is 2.29. The summed E-state index contributed by atoms with van der Waals surface area (Å²) >= 11 is 0. The Morgan fingerprint density at radius 3 is 2.86 bits per heavy atom. The van der Waals surface area contributed by atoms with Gasteiger partial charge in [-0.15, -0.1) is 0 Å². The summed E-state index contributed by atoms with van der Waals surface area (Å²) in [7, 11) is -3.07. The van der Waals surface area contributed by atoms with Crippen molar-refractivity contribution < 1.29 is 13.2 Å². The van der Waals surface area contributed by atoms with E-state index in [1.807, 2.05) is 34.9 Å². The molecule has 112 valence electrons. The number of sulfone groups is 1. The van der Waals surface area contributed by atoms with Crippen molar-refractivity contribution in [3.05, 3.63) is 42.2 Å². The molecule has 1 saturated heterocycles. The minimum absolute atomic E-state index is 0.0489. The Bertz CT molecular complexity index is 746. The lowest BCUT2D eigenvalue weighted by atomic mass is 10.2. The van der Waals surface area contributed by atoms with Crippen molar-refractivity contribution in [1.82, 2.24) is 9.30 Å². The third-order valence-corrected chi connectivity index (χ3v) is 6.32. The van der Waals surface area contributed by atoms with Gasteiger partial charge in [0.25, 0.3) is 5.91 Å². The number of pyridine rings is 1. The van der Waals surface area contributed by atoms with E-state index in [2.05, 4.69) is 0 Å². The van der Waals surface area contributed by atoms with E-state index in [0.717, 1.165) is 5.52 Å². The van der Waals surface area contributed by atoms with Crippen LogP contribution in [-0.2, 0) is 9.84 Å². The number of aromatic nitrogens is 1. The Hall–Kier alpha value is -1.82. The molecule has 3 rings (SSSR count). The molecule has 0 N–H and O–H groups in total. The first-order chi connectivity index (χ1) is 9.97. The lowest BCUT2D eigenvalue weighted by Gasteiger charge is -2.18. The van der Waals surface area contributed by atoms with Gasteiger partial charge in [-0.2, -0.15) is 0 Å². The fourth-order valence-electron chi connectivity index (χ4n) is 2.63. The van der Waals surface area contributed by atoms with Crippen molar-refractivity contribution in [3.8, 4) is 0 Å². The highest BCUT2D eigenvalue weighted by Crippen LogP contribution is 2.17. The van der Waals surface area contributed by atoms with E-state index in [-0.39, 0.29) is 23.5 Å². The zero-order chi connectivity index (χ0) is 15.0. The van der Waals surface area contributed by atoms with Gasteiger partial charge in [-0.1, -0.05) is 6.07 Å². The minimum Gasteiger partial charge on any atom is -0.338 e. The number of carbonyl (C=O) groups excluding carboxylic acids is 1. The molecule has 0 saturated carbocycles. The number of hydrogen-bond acceptors (Lipinski definition) is 3. The SMILES string of the molecule is CC1CCN(C(=O)c2cc3ccccn3c2)CCS1(=O)=O. The fraction of sp³-hybridized carbons (Fsp3) is 0.400. The van der Waals surface area contributed by atoms with Crippen LogP contribution in [0.3, 0.4) is 0 Å². The van der Waals surface area contributed by atoms with Crippen LogP contribution < -0.4 is 0 Å². The molecule has 3 heterocycles. The van der Waals surface area contributed by atoms with Crippen LogP contribution in [0.1, 0.15) is 23.7 Å². The van der Waals surface area contributed by atoms with Crippen LogP contribution in [0.5, 0.6) is 0 Å². The van der Waals surface area contributed by atoms with Gasteiger partial charge in [0.1, 0.15) is 0 Å². The second kappa shape index (κ2) is 5.18. The van der Waals surface area contributed by atoms with E-state index < -0.39 is 9.84 Å². The lowest BCUT2D eigenvalue weighted by Crippen LogP contribution is -2.33. The molecule has 1 fully saturated rings. The topological polar surface area (TPSA) is 58.9 Å². The molecule has 0 spiro atoms. The van der Waals surface area contributed by atoms with Crippen molar-refractivity contribution in [2.75, 3.05) is 18.8 Å². The molecule has 1 aliphatic heterocycles. The quantitative estimate of drug-likeness (QED) is 0.804. The third kappa shape index (κ3) is 2.68. The zero-order valence-electron chi connectivity index (χ0n) is 11.9. The highest BCUT2D eigenvalue weighted by atomic mass is 32.2. The smallest absolute Gasteiger partial charge is 0.255 e. The summed E-state index contributed by atoms with van der Waals surface area (Å²) in [6.45, 7) is 2.49. The van der Waals surface area contributed by atoms with Crippen LogP contribution in [0.25, 0.3) is 5.52 Å². The van der Waals surface area contributed by atoms with E-state index in [0.29, 0.717) is 18.5 Å². The maximum Gasteiger partial charge on any atom is 0.255 e. The first-order valence-electron chi connectivity index (χ1n) is 7.05. The second-order valence-corrected chi connectivity index (χ2v) is 8.06. The zero-order valence-corrected chi connectivity index (χ0v) is 12.7. The molecule has 0 bridgehead atoms. The van der Waals surface area contributed by atoms with Crippen LogP contribution in [0.15, 0.2) is 36.7 Å². The summed E-state index contributed by atoms with van der Waals surface area (Å²) < 4.78 is 25.7. The van der Waals surface area contributed by atoms with E-state index in [9.17, 15) is 13.2 Å². The predicted molar refractivity (Wildman–Crippen MR) is 81.2 cm³/mol. The average Bonchev–Trinajstić information content (AvgIpc) is 2.84. The molecular weight excluding hydrogens is 288 g/mol. The summed E-state index contributed by atoms with van der Waals surface area (Å²) in [6.07, 6.45) is 4.18. The van der Waals surface area contributed by atoms with Gasteiger partial charge in [-0.3, -0.25) is 4.79 Å². The van der Waals surface area contributed by atoms with Crippen LogP contribution in [0.4, 0.5) is 0 Å². The third-order valence-electron chi connectivity index (χ3n) is 4.10. The molecule has 6 heteroatoms. The second-order valence-electron chi connectivity index (χ2n) is 5.52. The van der Waals surface area contributed by atoms with Crippen LogP contribution >= 0.6 is 0 Å². The van der Waals surface area contributed by atoms with E-state index >= 15 is 0 Å². The van der Waals surface area contributed by atoms with Crippen LogP contribution in [0.2, 0.25) is 0 Å². The van der Waals surface area contributed by atoms with Gasteiger partial charge in [0.05, 0.1) is 16.6 Å². The van der Waals surface area contributed by atoms with Gasteiger partial charge in [0.2, 0.25) is 0 Å². The Morgan fingerprint density at radius 1 is 1.29 bits per heavy atom. The lowest BCUT2D eigenvalue weighted by molar-refractivity contribution is 0.0767. The van der Waals surface area contributed by atoms with E-state index in [1.165, 1.54) is 0 Å². The number of fused-ring (bicyclic) bond motifs is 1. The van der Waals surface area contributed by atoms with Gasteiger partial charge >= 0.3 is 0 Å². The standard InChI is InChI=1S/C15H18N2O3S/c1-12-5-7-16(8-9-21(12,19)20)15(18)13-10-14-4-2-3-6-17(14)11-13/h2-4,6,10-12H,5,7-9H2,1H3. The Kier molecular flexibility index (Phi) is 3.49. The molecule has 1 atom stereocenters. The number of hydrogen-bond donors (Lipinski definition) is 0. The molecule has 2 aromatic rings. The molecule has 1 aliphatic rings. The van der Waals surface area contributed by atoms with Crippen LogP contribution in [0, 0.1) is 0 Å². The van der Waals surface area contributed by atoms with Gasteiger partial charge in [-0.25, -0.2) is 8.42 Å².